The minimum absolute atomic E-state index is 0.00647. The molecule has 0 heterocycles. The SMILES string of the molecule is COc1ccc([N+](=O)[O-])cc1OCCN(C)C(C)C. The van der Waals surface area contributed by atoms with Gasteiger partial charge in [-0.3, -0.25) is 10.1 Å². The molecule has 0 fully saturated rings. The van der Waals surface area contributed by atoms with Gasteiger partial charge in [0.1, 0.15) is 6.61 Å². The van der Waals surface area contributed by atoms with Crippen molar-refractivity contribution in [3.63, 3.8) is 0 Å². The average molecular weight is 268 g/mol. The second kappa shape index (κ2) is 6.94. The van der Waals surface area contributed by atoms with Crippen LogP contribution in [0.4, 0.5) is 5.69 Å². The van der Waals surface area contributed by atoms with Crippen LogP contribution in [-0.2, 0) is 0 Å². The van der Waals surface area contributed by atoms with E-state index in [0.717, 1.165) is 6.54 Å². The molecule has 6 heteroatoms. The second-order valence-corrected chi connectivity index (χ2v) is 4.52. The standard InChI is InChI=1S/C13H20N2O4/c1-10(2)14(3)7-8-19-13-9-11(15(16)17)5-6-12(13)18-4/h5-6,9-10H,7-8H2,1-4H3. The lowest BCUT2D eigenvalue weighted by atomic mass is 10.3. The monoisotopic (exact) mass is 268 g/mol. The number of rotatable bonds is 7. The molecule has 0 N–H and O–H groups in total. The molecule has 19 heavy (non-hydrogen) atoms. The van der Waals surface area contributed by atoms with Crippen LogP contribution in [-0.4, -0.2) is 43.2 Å². The number of hydrogen-bond donors (Lipinski definition) is 0. The van der Waals surface area contributed by atoms with Crippen molar-refractivity contribution in [3.05, 3.63) is 28.3 Å². The molecule has 0 atom stereocenters. The summed E-state index contributed by atoms with van der Waals surface area (Å²) in [6.45, 7) is 5.37. The van der Waals surface area contributed by atoms with Crippen molar-refractivity contribution in [2.24, 2.45) is 0 Å². The molecule has 6 nitrogen and oxygen atoms in total. The predicted octanol–water partition coefficient (Wildman–Crippen LogP) is 2.32. The highest BCUT2D eigenvalue weighted by Crippen LogP contribution is 2.30. The van der Waals surface area contributed by atoms with E-state index in [1.165, 1.54) is 19.2 Å². The Morgan fingerprint density at radius 2 is 2.05 bits per heavy atom. The lowest BCUT2D eigenvalue weighted by molar-refractivity contribution is -0.385. The summed E-state index contributed by atoms with van der Waals surface area (Å²) in [7, 11) is 3.51. The highest BCUT2D eigenvalue weighted by molar-refractivity contribution is 5.48. The third-order valence-electron chi connectivity index (χ3n) is 2.94. The number of nitro benzene ring substituents is 1. The van der Waals surface area contributed by atoms with Crippen LogP contribution in [0.25, 0.3) is 0 Å². The zero-order chi connectivity index (χ0) is 14.4. The predicted molar refractivity (Wildman–Crippen MR) is 72.9 cm³/mol. The third kappa shape index (κ3) is 4.40. The molecule has 1 aromatic rings. The Bertz CT molecular complexity index is 435. The Hall–Kier alpha value is -1.82. The molecule has 0 radical (unpaired) electrons. The van der Waals surface area contributed by atoms with Crippen LogP contribution in [0, 0.1) is 10.1 Å². The van der Waals surface area contributed by atoms with Gasteiger partial charge in [-0.25, -0.2) is 0 Å². The molecule has 106 valence electrons. The van der Waals surface area contributed by atoms with Crippen LogP contribution >= 0.6 is 0 Å². The van der Waals surface area contributed by atoms with Crippen LogP contribution in [0.2, 0.25) is 0 Å². The van der Waals surface area contributed by atoms with Gasteiger partial charge in [0, 0.05) is 18.7 Å². The molecular formula is C13H20N2O4. The number of non-ortho nitro benzene ring substituents is 1. The Balaban J connectivity index is 2.70. The van der Waals surface area contributed by atoms with Crippen molar-refractivity contribution in [3.8, 4) is 11.5 Å². The van der Waals surface area contributed by atoms with E-state index in [4.69, 9.17) is 9.47 Å². The summed E-state index contributed by atoms with van der Waals surface area (Å²) in [6, 6.07) is 4.75. The molecular weight excluding hydrogens is 248 g/mol. The van der Waals surface area contributed by atoms with Crippen molar-refractivity contribution in [2.45, 2.75) is 19.9 Å². The zero-order valence-corrected chi connectivity index (χ0v) is 11.8. The maximum Gasteiger partial charge on any atom is 0.273 e. The van der Waals surface area contributed by atoms with E-state index in [2.05, 4.69) is 18.7 Å². The smallest absolute Gasteiger partial charge is 0.273 e. The minimum Gasteiger partial charge on any atom is -0.493 e. The van der Waals surface area contributed by atoms with Gasteiger partial charge < -0.3 is 14.4 Å². The number of likely N-dealkylation sites (N-methyl/N-ethyl adjacent to an activating group) is 1. The molecule has 0 aliphatic heterocycles. The van der Waals surface area contributed by atoms with Gasteiger partial charge in [0.25, 0.3) is 5.69 Å². The third-order valence-corrected chi connectivity index (χ3v) is 2.94. The lowest BCUT2D eigenvalue weighted by Gasteiger charge is -2.21. The van der Waals surface area contributed by atoms with Crippen LogP contribution in [0.5, 0.6) is 11.5 Å². The summed E-state index contributed by atoms with van der Waals surface area (Å²) in [4.78, 5) is 12.4. The highest BCUT2D eigenvalue weighted by Gasteiger charge is 2.12. The van der Waals surface area contributed by atoms with E-state index in [1.807, 2.05) is 7.05 Å². The molecule has 0 aliphatic carbocycles. The second-order valence-electron chi connectivity index (χ2n) is 4.52. The van der Waals surface area contributed by atoms with Gasteiger partial charge in [0.2, 0.25) is 0 Å². The molecule has 0 saturated carbocycles. The average Bonchev–Trinajstić information content (AvgIpc) is 2.38. The van der Waals surface area contributed by atoms with Gasteiger partial charge in [-0.15, -0.1) is 0 Å². The van der Waals surface area contributed by atoms with Gasteiger partial charge in [-0.1, -0.05) is 0 Å². The molecule has 0 aliphatic rings. The first kappa shape index (κ1) is 15.2. The number of ether oxygens (including phenoxy) is 2. The summed E-state index contributed by atoms with van der Waals surface area (Å²) < 4.78 is 10.7. The van der Waals surface area contributed by atoms with E-state index >= 15 is 0 Å². The fourth-order valence-electron chi connectivity index (χ4n) is 1.45. The van der Waals surface area contributed by atoms with E-state index in [0.29, 0.717) is 24.1 Å². The Kier molecular flexibility index (Phi) is 5.57. The Labute approximate surface area is 113 Å². The van der Waals surface area contributed by atoms with E-state index in [-0.39, 0.29) is 5.69 Å². The van der Waals surface area contributed by atoms with E-state index in [1.54, 1.807) is 6.07 Å². The molecule has 0 saturated heterocycles. The molecule has 1 rings (SSSR count). The zero-order valence-electron chi connectivity index (χ0n) is 11.8. The van der Waals surface area contributed by atoms with Crippen LogP contribution in [0.15, 0.2) is 18.2 Å². The van der Waals surface area contributed by atoms with Gasteiger partial charge in [-0.05, 0) is 27.0 Å². The van der Waals surface area contributed by atoms with Crippen LogP contribution < -0.4 is 9.47 Å². The normalized spacial score (nSPS) is 10.8. The van der Waals surface area contributed by atoms with Gasteiger partial charge in [0.05, 0.1) is 18.1 Å². The summed E-state index contributed by atoms with van der Waals surface area (Å²) in [5, 5.41) is 10.7. The molecule has 0 aromatic heterocycles. The topological polar surface area (TPSA) is 64.8 Å². The molecule has 0 amide bonds. The van der Waals surface area contributed by atoms with Gasteiger partial charge >= 0.3 is 0 Å². The van der Waals surface area contributed by atoms with Crippen molar-refractivity contribution in [2.75, 3.05) is 27.3 Å². The van der Waals surface area contributed by atoms with E-state index < -0.39 is 4.92 Å². The maximum atomic E-state index is 10.7. The summed E-state index contributed by atoms with van der Waals surface area (Å²) in [5.41, 5.74) is -0.00647. The quantitative estimate of drug-likeness (QED) is 0.561. The van der Waals surface area contributed by atoms with Crippen molar-refractivity contribution in [1.82, 2.24) is 4.90 Å². The minimum atomic E-state index is -0.452. The molecule has 0 bridgehead atoms. The van der Waals surface area contributed by atoms with Crippen molar-refractivity contribution < 1.29 is 14.4 Å². The van der Waals surface area contributed by atoms with Crippen LogP contribution in [0.1, 0.15) is 13.8 Å². The largest absolute Gasteiger partial charge is 0.493 e. The van der Waals surface area contributed by atoms with Crippen LogP contribution in [0.3, 0.4) is 0 Å². The molecule has 0 spiro atoms. The summed E-state index contributed by atoms with van der Waals surface area (Å²) in [6.07, 6.45) is 0. The lowest BCUT2D eigenvalue weighted by Crippen LogP contribution is -2.30. The molecule has 1 aromatic carbocycles. The Morgan fingerprint density at radius 1 is 1.37 bits per heavy atom. The van der Waals surface area contributed by atoms with Crippen molar-refractivity contribution in [1.29, 1.82) is 0 Å². The molecule has 0 unspecified atom stereocenters. The fraction of sp³-hybridized carbons (Fsp3) is 0.538. The number of hydrogen-bond acceptors (Lipinski definition) is 5. The first-order valence-corrected chi connectivity index (χ1v) is 6.11. The Morgan fingerprint density at radius 3 is 2.58 bits per heavy atom. The first-order chi connectivity index (χ1) is 8.95. The fourth-order valence-corrected chi connectivity index (χ4v) is 1.45. The maximum absolute atomic E-state index is 10.7. The summed E-state index contributed by atoms with van der Waals surface area (Å²) >= 11 is 0. The number of methoxy groups -OCH3 is 1. The van der Waals surface area contributed by atoms with Gasteiger partial charge in [-0.2, -0.15) is 0 Å². The van der Waals surface area contributed by atoms with Crippen molar-refractivity contribution >= 4 is 5.69 Å². The number of benzene rings is 1. The highest BCUT2D eigenvalue weighted by atomic mass is 16.6. The number of nitro groups is 1. The summed E-state index contributed by atoms with van der Waals surface area (Å²) in [5.74, 6) is 0.895. The van der Waals surface area contributed by atoms with E-state index in [9.17, 15) is 10.1 Å². The van der Waals surface area contributed by atoms with Gasteiger partial charge in [0.15, 0.2) is 11.5 Å². The number of nitrogens with zero attached hydrogens (tertiary/aromatic N) is 2. The first-order valence-electron chi connectivity index (χ1n) is 6.11.